The smallest absolute Gasteiger partial charge is 0.157 e. The first-order chi connectivity index (χ1) is 6.41. The average molecular weight is 214 g/mol. The highest BCUT2D eigenvalue weighted by atomic mass is 32.2. The second kappa shape index (κ2) is 4.13. The summed E-state index contributed by atoms with van der Waals surface area (Å²) in [5.41, 5.74) is 0.335. The Balaban J connectivity index is 2.60. The van der Waals surface area contributed by atoms with Gasteiger partial charge in [0.05, 0.1) is 5.54 Å². The van der Waals surface area contributed by atoms with E-state index >= 15 is 0 Å². The van der Waals surface area contributed by atoms with Crippen LogP contribution in [0, 0.1) is 0 Å². The summed E-state index contributed by atoms with van der Waals surface area (Å²) in [6.45, 7) is 11.1. The third-order valence-electron chi connectivity index (χ3n) is 2.98. The zero-order valence-electron chi connectivity index (χ0n) is 9.98. The van der Waals surface area contributed by atoms with Gasteiger partial charge in [0.15, 0.2) is 5.17 Å². The standard InChI is InChI=1S/C11H22N2S/c1-6-10(3,4)12-9-13-11(5,7-2)8-14-9/h6-8H2,1-5H3,(H,12,13). The lowest BCUT2D eigenvalue weighted by molar-refractivity contribution is 0.444. The first kappa shape index (κ1) is 11.9. The summed E-state index contributed by atoms with van der Waals surface area (Å²) in [5.74, 6) is 1.12. The van der Waals surface area contributed by atoms with Crippen molar-refractivity contribution < 1.29 is 0 Å². The average Bonchev–Trinajstić information content (AvgIpc) is 2.48. The SMILES string of the molecule is CCC1(C)CSC(NC(C)(C)CC)=N1. The highest BCUT2D eigenvalue weighted by Gasteiger charge is 2.30. The lowest BCUT2D eigenvalue weighted by Gasteiger charge is -2.25. The minimum Gasteiger partial charge on any atom is -0.360 e. The fraction of sp³-hybridized carbons (Fsp3) is 0.909. The lowest BCUT2D eigenvalue weighted by atomic mass is 10.0. The maximum atomic E-state index is 4.74. The van der Waals surface area contributed by atoms with E-state index in [1.54, 1.807) is 0 Å². The third kappa shape index (κ3) is 2.91. The van der Waals surface area contributed by atoms with Crippen LogP contribution < -0.4 is 5.32 Å². The second-order valence-electron chi connectivity index (χ2n) is 4.92. The van der Waals surface area contributed by atoms with Gasteiger partial charge in [-0.1, -0.05) is 25.6 Å². The molecule has 0 aromatic rings. The van der Waals surface area contributed by atoms with Crippen molar-refractivity contribution in [3.8, 4) is 0 Å². The molecule has 0 aromatic heterocycles. The summed E-state index contributed by atoms with van der Waals surface area (Å²) in [7, 11) is 0. The van der Waals surface area contributed by atoms with Crippen molar-refractivity contribution in [3.63, 3.8) is 0 Å². The number of amidine groups is 1. The largest absolute Gasteiger partial charge is 0.360 e. The van der Waals surface area contributed by atoms with Crippen LogP contribution >= 0.6 is 11.8 Å². The molecule has 2 nitrogen and oxygen atoms in total. The lowest BCUT2D eigenvalue weighted by Crippen LogP contribution is -2.41. The summed E-state index contributed by atoms with van der Waals surface area (Å²) < 4.78 is 0. The van der Waals surface area contributed by atoms with Gasteiger partial charge in [0.2, 0.25) is 0 Å². The van der Waals surface area contributed by atoms with E-state index in [2.05, 4.69) is 39.9 Å². The van der Waals surface area contributed by atoms with Gasteiger partial charge in [-0.3, -0.25) is 4.99 Å². The van der Waals surface area contributed by atoms with Crippen molar-refractivity contribution in [3.05, 3.63) is 0 Å². The van der Waals surface area contributed by atoms with Crippen molar-refractivity contribution in [1.29, 1.82) is 0 Å². The van der Waals surface area contributed by atoms with Crippen LogP contribution in [0.5, 0.6) is 0 Å². The summed E-state index contributed by atoms with van der Waals surface area (Å²) in [4.78, 5) is 4.74. The summed E-state index contributed by atoms with van der Waals surface area (Å²) in [5, 5.41) is 4.63. The van der Waals surface area contributed by atoms with Gasteiger partial charge in [-0.05, 0) is 33.6 Å². The van der Waals surface area contributed by atoms with Crippen molar-refractivity contribution in [2.45, 2.75) is 58.5 Å². The van der Waals surface area contributed by atoms with E-state index in [-0.39, 0.29) is 11.1 Å². The molecule has 0 radical (unpaired) electrons. The predicted octanol–water partition coefficient (Wildman–Crippen LogP) is 3.04. The molecule has 0 aliphatic carbocycles. The first-order valence-electron chi connectivity index (χ1n) is 5.41. The predicted molar refractivity (Wildman–Crippen MR) is 66.1 cm³/mol. The van der Waals surface area contributed by atoms with Gasteiger partial charge in [-0.2, -0.15) is 0 Å². The zero-order valence-corrected chi connectivity index (χ0v) is 10.8. The van der Waals surface area contributed by atoms with Gasteiger partial charge in [0, 0.05) is 11.3 Å². The molecule has 0 saturated carbocycles. The summed E-state index contributed by atoms with van der Waals surface area (Å²) in [6.07, 6.45) is 2.24. The minimum absolute atomic E-state index is 0.164. The van der Waals surface area contributed by atoms with Crippen molar-refractivity contribution in [2.75, 3.05) is 5.75 Å². The molecule has 1 atom stereocenters. The molecule has 3 heteroatoms. The van der Waals surface area contributed by atoms with E-state index in [0.717, 1.165) is 23.8 Å². The molecular weight excluding hydrogens is 192 g/mol. The Morgan fingerprint density at radius 2 is 2.14 bits per heavy atom. The molecule has 0 aromatic carbocycles. The Morgan fingerprint density at radius 1 is 1.50 bits per heavy atom. The Kier molecular flexibility index (Phi) is 3.51. The van der Waals surface area contributed by atoms with Crippen LogP contribution in [0.2, 0.25) is 0 Å². The van der Waals surface area contributed by atoms with Gasteiger partial charge >= 0.3 is 0 Å². The van der Waals surface area contributed by atoms with Crippen LogP contribution in [0.3, 0.4) is 0 Å². The number of rotatable bonds is 3. The molecule has 0 saturated heterocycles. The topological polar surface area (TPSA) is 24.4 Å². The van der Waals surface area contributed by atoms with Crippen LogP contribution in [0.15, 0.2) is 4.99 Å². The Morgan fingerprint density at radius 3 is 2.57 bits per heavy atom. The molecule has 1 aliphatic heterocycles. The molecule has 14 heavy (non-hydrogen) atoms. The van der Waals surface area contributed by atoms with Crippen LogP contribution in [0.4, 0.5) is 0 Å². The van der Waals surface area contributed by atoms with Gasteiger partial charge in [0.1, 0.15) is 0 Å². The summed E-state index contributed by atoms with van der Waals surface area (Å²) >= 11 is 1.86. The van der Waals surface area contributed by atoms with E-state index < -0.39 is 0 Å². The molecule has 0 spiro atoms. The molecule has 0 fully saturated rings. The number of thioether (sulfide) groups is 1. The van der Waals surface area contributed by atoms with Crippen LogP contribution in [-0.2, 0) is 0 Å². The Hall–Kier alpha value is -0.180. The number of hydrogen-bond donors (Lipinski definition) is 1. The quantitative estimate of drug-likeness (QED) is 0.781. The third-order valence-corrected chi connectivity index (χ3v) is 4.22. The maximum absolute atomic E-state index is 4.74. The van der Waals surface area contributed by atoms with E-state index in [1.807, 2.05) is 11.8 Å². The zero-order chi connectivity index (χ0) is 10.8. The van der Waals surface area contributed by atoms with Gasteiger partial charge in [-0.15, -0.1) is 0 Å². The molecule has 82 valence electrons. The van der Waals surface area contributed by atoms with E-state index in [1.165, 1.54) is 0 Å². The molecule has 0 bridgehead atoms. The number of nitrogens with one attached hydrogen (secondary N) is 1. The van der Waals surface area contributed by atoms with Crippen LogP contribution in [-0.4, -0.2) is 22.0 Å². The van der Waals surface area contributed by atoms with Crippen molar-refractivity contribution in [2.24, 2.45) is 4.99 Å². The number of nitrogens with zero attached hydrogens (tertiary/aromatic N) is 1. The molecule has 1 unspecified atom stereocenters. The van der Waals surface area contributed by atoms with Gasteiger partial charge < -0.3 is 5.32 Å². The molecule has 1 N–H and O–H groups in total. The molecule has 0 amide bonds. The number of hydrogen-bond acceptors (Lipinski definition) is 3. The van der Waals surface area contributed by atoms with Crippen molar-refractivity contribution >= 4 is 16.9 Å². The molecule has 1 rings (SSSR count). The van der Waals surface area contributed by atoms with E-state index in [9.17, 15) is 0 Å². The van der Waals surface area contributed by atoms with Crippen LogP contribution in [0.25, 0.3) is 0 Å². The fourth-order valence-electron chi connectivity index (χ4n) is 1.16. The Bertz CT molecular complexity index is 235. The highest BCUT2D eigenvalue weighted by molar-refractivity contribution is 8.14. The molecule has 1 aliphatic rings. The van der Waals surface area contributed by atoms with Crippen molar-refractivity contribution in [1.82, 2.24) is 5.32 Å². The fourth-order valence-corrected chi connectivity index (χ4v) is 2.51. The first-order valence-corrected chi connectivity index (χ1v) is 6.40. The Labute approximate surface area is 92.0 Å². The second-order valence-corrected chi connectivity index (χ2v) is 5.88. The maximum Gasteiger partial charge on any atom is 0.157 e. The van der Waals surface area contributed by atoms with Gasteiger partial charge in [-0.25, -0.2) is 0 Å². The summed E-state index contributed by atoms with van der Waals surface area (Å²) in [6, 6.07) is 0. The monoisotopic (exact) mass is 214 g/mol. The van der Waals surface area contributed by atoms with Crippen LogP contribution in [0.1, 0.15) is 47.5 Å². The normalized spacial score (nSPS) is 27.6. The number of aliphatic imine (C=N–C) groups is 1. The van der Waals surface area contributed by atoms with Gasteiger partial charge in [0.25, 0.3) is 0 Å². The van der Waals surface area contributed by atoms with E-state index in [4.69, 9.17) is 4.99 Å². The highest BCUT2D eigenvalue weighted by Crippen LogP contribution is 2.30. The minimum atomic E-state index is 0.164. The molecule has 1 heterocycles. The molecular formula is C11H22N2S. The van der Waals surface area contributed by atoms with E-state index in [0.29, 0.717) is 0 Å².